The molecule has 5 atom stereocenters. The molecule has 5 rings (SSSR count). The number of hydrogen-bond donors (Lipinski definition) is 7. The monoisotopic (exact) mass is 540 g/mol. The molecule has 0 aromatic heterocycles. The van der Waals surface area contributed by atoms with E-state index in [0.29, 0.717) is 0 Å². The summed E-state index contributed by atoms with van der Waals surface area (Å²) in [5.41, 5.74) is -1.18. The fourth-order valence-electron chi connectivity index (χ4n) is 5.25. The smallest absolute Gasteiger partial charge is 0.229 e. The van der Waals surface area contributed by atoms with E-state index in [1.54, 1.807) is 0 Å². The van der Waals surface area contributed by atoms with Gasteiger partial charge in [0.25, 0.3) is 0 Å². The first kappa shape index (κ1) is 26.5. The highest BCUT2D eigenvalue weighted by atomic mass is 16.7. The van der Waals surface area contributed by atoms with E-state index in [1.165, 1.54) is 26.0 Å². The van der Waals surface area contributed by atoms with Crippen molar-refractivity contribution in [3.05, 3.63) is 57.6 Å². The Hall–Kier alpha value is -4.07. The zero-order valence-electron chi connectivity index (χ0n) is 20.6. The molecule has 0 spiro atoms. The van der Waals surface area contributed by atoms with Gasteiger partial charge in [-0.3, -0.25) is 14.4 Å². The molecule has 1 saturated heterocycles. The molecule has 1 heterocycles. The quantitative estimate of drug-likeness (QED) is 0.176. The zero-order chi connectivity index (χ0) is 28.5. The van der Waals surface area contributed by atoms with Crippen LogP contribution in [0.15, 0.2) is 24.3 Å². The van der Waals surface area contributed by atoms with E-state index < -0.39 is 71.9 Å². The van der Waals surface area contributed by atoms with Gasteiger partial charge in [0, 0.05) is 22.6 Å². The molecule has 7 N–H and O–H groups in total. The van der Waals surface area contributed by atoms with Gasteiger partial charge in [-0.25, -0.2) is 0 Å². The number of rotatable bonds is 4. The molecule has 0 saturated carbocycles. The number of hydrogen-bond acceptors (Lipinski definition) is 12. The Morgan fingerprint density at radius 3 is 2.23 bits per heavy atom. The first-order valence-electron chi connectivity index (χ1n) is 11.8. The molecule has 2 aliphatic rings. The highest BCUT2D eigenvalue weighted by molar-refractivity contribution is 6.32. The Morgan fingerprint density at radius 1 is 0.923 bits per heavy atom. The highest BCUT2D eigenvalue weighted by Crippen LogP contribution is 2.45. The normalized spacial score (nSPS) is 24.4. The van der Waals surface area contributed by atoms with Crippen molar-refractivity contribution in [2.75, 3.05) is 6.61 Å². The van der Waals surface area contributed by atoms with Crippen LogP contribution in [-0.2, 0) is 4.74 Å². The molecule has 3 aromatic rings. The van der Waals surface area contributed by atoms with Gasteiger partial charge in [-0.05, 0) is 43.0 Å². The summed E-state index contributed by atoms with van der Waals surface area (Å²) in [4.78, 5) is 39.3. The lowest BCUT2D eigenvalue weighted by Crippen LogP contribution is -2.60. The lowest BCUT2D eigenvalue weighted by molar-refractivity contribution is -0.277. The van der Waals surface area contributed by atoms with Gasteiger partial charge in [-0.1, -0.05) is 0 Å². The minimum Gasteiger partial charge on any atom is -0.508 e. The Bertz CT molecular complexity index is 1570. The van der Waals surface area contributed by atoms with E-state index >= 15 is 0 Å². The highest BCUT2D eigenvalue weighted by Gasteiger charge is 2.45. The van der Waals surface area contributed by atoms with Gasteiger partial charge in [-0.15, -0.1) is 0 Å². The van der Waals surface area contributed by atoms with E-state index in [9.17, 15) is 50.1 Å². The maximum Gasteiger partial charge on any atom is 0.229 e. The van der Waals surface area contributed by atoms with Gasteiger partial charge >= 0.3 is 0 Å². The van der Waals surface area contributed by atoms with Crippen LogP contribution < -0.4 is 4.74 Å². The van der Waals surface area contributed by atoms with Crippen molar-refractivity contribution in [3.63, 3.8) is 0 Å². The second kappa shape index (κ2) is 9.29. The van der Waals surface area contributed by atoms with Crippen molar-refractivity contribution in [1.82, 2.24) is 0 Å². The standard InChI is InChI=1S/C27H24O12/c1-8-17(9(2)29)15(38-27-26(37)25(36)22(33)16(7-28)39-27)4-10-3-12-20(23(34)18(8)10)24(35)19-13(21(12)32)5-11(30)6-14(19)31/h3-6,16,22,25-28,30-31,33-34,36-37H,7H2,1-2H3/t16-,22+,25+,26-,27+/m0/s1. The predicted octanol–water partition coefficient (Wildman–Crippen LogP) is 0.422. The number of phenols is 3. The molecule has 1 aliphatic carbocycles. The van der Waals surface area contributed by atoms with Crippen molar-refractivity contribution in [1.29, 1.82) is 0 Å². The number of ketones is 3. The van der Waals surface area contributed by atoms with Crippen molar-refractivity contribution >= 4 is 28.1 Å². The third kappa shape index (κ3) is 3.92. The lowest BCUT2D eigenvalue weighted by atomic mass is 9.80. The average molecular weight is 540 g/mol. The van der Waals surface area contributed by atoms with Crippen LogP contribution >= 0.6 is 0 Å². The molecule has 39 heavy (non-hydrogen) atoms. The van der Waals surface area contributed by atoms with Crippen LogP contribution in [0.2, 0.25) is 0 Å². The van der Waals surface area contributed by atoms with Gasteiger partial charge in [0.15, 0.2) is 11.6 Å². The number of fused-ring (bicyclic) bond motifs is 3. The molecule has 0 unspecified atom stereocenters. The van der Waals surface area contributed by atoms with Crippen LogP contribution in [-0.4, -0.2) is 90.4 Å². The van der Waals surface area contributed by atoms with E-state index in [0.717, 1.165) is 12.1 Å². The van der Waals surface area contributed by atoms with E-state index in [4.69, 9.17) is 9.47 Å². The molecule has 3 aromatic carbocycles. The second-order valence-corrected chi connectivity index (χ2v) is 9.54. The number of aromatic hydroxyl groups is 3. The summed E-state index contributed by atoms with van der Waals surface area (Å²) in [6.07, 6.45) is -8.04. The Morgan fingerprint density at radius 2 is 1.59 bits per heavy atom. The van der Waals surface area contributed by atoms with Crippen LogP contribution in [0.4, 0.5) is 0 Å². The van der Waals surface area contributed by atoms with Gasteiger partial charge in [0.05, 0.1) is 23.3 Å². The molecule has 0 amide bonds. The number of phenolic OH excluding ortho intramolecular Hbond substituents is 3. The second-order valence-electron chi connectivity index (χ2n) is 9.54. The Labute approximate surface area is 219 Å². The SMILES string of the molecule is CC(=O)c1c(O[C@@H]2O[C@@H](CO)[C@@H](O)[C@@H](O)[C@@H]2O)cc2cc3c(c(O)c2c1C)C(=O)c1c(O)cc(O)cc1C3=O. The zero-order valence-corrected chi connectivity index (χ0v) is 20.6. The van der Waals surface area contributed by atoms with Crippen molar-refractivity contribution in [2.45, 2.75) is 44.6 Å². The molecule has 12 nitrogen and oxygen atoms in total. The summed E-state index contributed by atoms with van der Waals surface area (Å²) in [6.45, 7) is 1.97. The number of carbonyl (C=O) groups is 3. The van der Waals surface area contributed by atoms with Gasteiger partial charge in [-0.2, -0.15) is 0 Å². The van der Waals surface area contributed by atoms with Gasteiger partial charge in [0.1, 0.15) is 47.4 Å². The topological polar surface area (TPSA) is 211 Å². The van der Waals surface area contributed by atoms with Crippen molar-refractivity contribution < 1.29 is 59.6 Å². The minimum atomic E-state index is -1.77. The fraction of sp³-hybridized carbons (Fsp3) is 0.296. The van der Waals surface area contributed by atoms with Crippen molar-refractivity contribution in [2.24, 2.45) is 0 Å². The molecule has 1 aliphatic heterocycles. The lowest BCUT2D eigenvalue weighted by Gasteiger charge is -2.39. The minimum absolute atomic E-state index is 0.0444. The summed E-state index contributed by atoms with van der Waals surface area (Å²) >= 11 is 0. The summed E-state index contributed by atoms with van der Waals surface area (Å²) < 4.78 is 11.1. The van der Waals surface area contributed by atoms with Crippen molar-refractivity contribution in [3.8, 4) is 23.0 Å². The third-order valence-corrected chi connectivity index (χ3v) is 7.10. The molecule has 0 bridgehead atoms. The van der Waals surface area contributed by atoms with E-state index in [1.807, 2.05) is 0 Å². The van der Waals surface area contributed by atoms with E-state index in [-0.39, 0.29) is 49.9 Å². The Balaban J connectivity index is 1.70. The number of aryl methyl sites for hydroxylation is 1. The molecular weight excluding hydrogens is 516 g/mol. The first-order valence-corrected chi connectivity index (χ1v) is 11.8. The first-order chi connectivity index (χ1) is 18.4. The predicted molar refractivity (Wildman–Crippen MR) is 131 cm³/mol. The number of aliphatic hydroxyl groups excluding tert-OH is 4. The number of ether oxygens (including phenoxy) is 2. The number of Topliss-reactive ketones (excluding diaryl/α,β-unsaturated/α-hetero) is 1. The van der Waals surface area contributed by atoms with Gasteiger partial charge < -0.3 is 45.2 Å². The number of carbonyl (C=O) groups excluding carboxylic acids is 3. The Kier molecular flexibility index (Phi) is 6.32. The third-order valence-electron chi connectivity index (χ3n) is 7.10. The van der Waals surface area contributed by atoms with Crippen LogP contribution in [0.1, 0.15) is 54.7 Å². The summed E-state index contributed by atoms with van der Waals surface area (Å²) in [7, 11) is 0. The number of aliphatic hydroxyl groups is 4. The maximum atomic E-state index is 13.3. The number of benzene rings is 3. The summed E-state index contributed by atoms with van der Waals surface area (Å²) in [5, 5.41) is 71.6. The molecule has 204 valence electrons. The largest absolute Gasteiger partial charge is 0.508 e. The van der Waals surface area contributed by atoms with Crippen LogP contribution in [0.3, 0.4) is 0 Å². The average Bonchev–Trinajstić information content (AvgIpc) is 2.86. The molecule has 12 heteroatoms. The summed E-state index contributed by atoms with van der Waals surface area (Å²) in [5.74, 6) is -4.02. The van der Waals surface area contributed by atoms with Gasteiger partial charge in [0.2, 0.25) is 12.1 Å². The van der Waals surface area contributed by atoms with Crippen LogP contribution in [0, 0.1) is 6.92 Å². The van der Waals surface area contributed by atoms with Crippen LogP contribution in [0.5, 0.6) is 23.0 Å². The van der Waals surface area contributed by atoms with Crippen LogP contribution in [0.25, 0.3) is 10.8 Å². The fourth-order valence-corrected chi connectivity index (χ4v) is 5.25. The van der Waals surface area contributed by atoms with E-state index in [2.05, 4.69) is 0 Å². The molecule has 1 fully saturated rings. The summed E-state index contributed by atoms with van der Waals surface area (Å²) in [6, 6.07) is 4.48. The maximum absolute atomic E-state index is 13.3. The molecule has 0 radical (unpaired) electrons. The molecular formula is C27H24O12.